The van der Waals surface area contributed by atoms with Crippen LogP contribution in [0.25, 0.3) is 0 Å². The van der Waals surface area contributed by atoms with E-state index in [-0.39, 0.29) is 29.5 Å². The summed E-state index contributed by atoms with van der Waals surface area (Å²) in [5.41, 5.74) is -0.112. The van der Waals surface area contributed by atoms with Crippen molar-refractivity contribution in [1.29, 1.82) is 0 Å². The smallest absolute Gasteiger partial charge is 0.240 e. The Bertz CT molecular complexity index is 260. The number of likely N-dealkylation sites (N-methyl/N-ethyl adjacent to an activating group) is 1. The zero-order chi connectivity index (χ0) is 12.5. The molecule has 1 saturated heterocycles. The van der Waals surface area contributed by atoms with Gasteiger partial charge in [-0.3, -0.25) is 4.79 Å². The van der Waals surface area contributed by atoms with Gasteiger partial charge in [0.15, 0.2) is 0 Å². The predicted octanol–water partition coefficient (Wildman–Crippen LogP) is 0.602. The quantitative estimate of drug-likeness (QED) is 0.728. The van der Waals surface area contributed by atoms with Crippen molar-refractivity contribution in [3.8, 4) is 0 Å². The second-order valence-electron chi connectivity index (χ2n) is 5.82. The minimum absolute atomic E-state index is 0.0963. The summed E-state index contributed by atoms with van der Waals surface area (Å²) in [6.07, 6.45) is 0.322. The Morgan fingerprint density at radius 1 is 1.50 bits per heavy atom. The summed E-state index contributed by atoms with van der Waals surface area (Å²) in [5, 5.41) is 12.6. The summed E-state index contributed by atoms with van der Waals surface area (Å²) >= 11 is 0. The van der Waals surface area contributed by atoms with Crippen LogP contribution in [0, 0.1) is 5.41 Å². The third-order valence-electron chi connectivity index (χ3n) is 3.24. The molecule has 0 unspecified atom stereocenters. The average Bonchev–Trinajstić information content (AvgIpc) is 2.43. The van der Waals surface area contributed by atoms with Gasteiger partial charge in [-0.1, -0.05) is 20.8 Å². The molecule has 2 N–H and O–H groups in total. The van der Waals surface area contributed by atoms with Crippen molar-refractivity contribution in [2.24, 2.45) is 5.41 Å². The fraction of sp³-hybridized carbons (Fsp3) is 0.917. The third kappa shape index (κ3) is 2.74. The number of amides is 1. The highest BCUT2D eigenvalue weighted by atomic mass is 16.3. The molecule has 0 aromatic carbocycles. The molecular formula is C12H24N2O2. The van der Waals surface area contributed by atoms with Gasteiger partial charge in [0.2, 0.25) is 5.91 Å². The molecule has 0 bridgehead atoms. The van der Waals surface area contributed by atoms with E-state index in [4.69, 9.17) is 0 Å². The number of carbonyl (C=O) groups excluding carboxylic acids is 1. The normalized spacial score (nSPS) is 28.2. The number of hydrogen-bond acceptors (Lipinski definition) is 3. The number of likely N-dealkylation sites (tertiary alicyclic amines) is 1. The summed E-state index contributed by atoms with van der Waals surface area (Å²) in [4.78, 5) is 14.1. The van der Waals surface area contributed by atoms with E-state index in [0.29, 0.717) is 13.0 Å². The molecule has 1 heterocycles. The van der Waals surface area contributed by atoms with Gasteiger partial charge >= 0.3 is 0 Å². The van der Waals surface area contributed by atoms with Crippen molar-refractivity contribution in [3.05, 3.63) is 0 Å². The first-order valence-electron chi connectivity index (χ1n) is 5.93. The van der Waals surface area contributed by atoms with E-state index < -0.39 is 0 Å². The molecule has 0 radical (unpaired) electrons. The predicted molar refractivity (Wildman–Crippen MR) is 64.1 cm³/mol. The van der Waals surface area contributed by atoms with Gasteiger partial charge in [-0.05, 0) is 25.8 Å². The molecule has 0 spiro atoms. The number of nitrogens with zero attached hydrogens (tertiary/aromatic N) is 1. The summed E-state index contributed by atoms with van der Waals surface area (Å²) in [6, 6.07) is -0.0547. The van der Waals surface area contributed by atoms with E-state index in [2.05, 4.69) is 5.32 Å². The van der Waals surface area contributed by atoms with Crippen LogP contribution in [0.3, 0.4) is 0 Å². The highest BCUT2D eigenvalue weighted by Crippen LogP contribution is 2.25. The highest BCUT2D eigenvalue weighted by Gasteiger charge is 2.38. The maximum absolute atomic E-state index is 12.3. The Balaban J connectivity index is 2.76. The van der Waals surface area contributed by atoms with Gasteiger partial charge in [0, 0.05) is 12.6 Å². The summed E-state index contributed by atoms with van der Waals surface area (Å²) in [7, 11) is 1.81. The second kappa shape index (κ2) is 4.72. The van der Waals surface area contributed by atoms with E-state index in [9.17, 15) is 9.90 Å². The zero-order valence-electron chi connectivity index (χ0n) is 10.9. The lowest BCUT2D eigenvalue weighted by Crippen LogP contribution is -2.52. The maximum Gasteiger partial charge on any atom is 0.240 e. The van der Waals surface area contributed by atoms with Gasteiger partial charge in [0.25, 0.3) is 0 Å². The Labute approximate surface area is 98.0 Å². The number of rotatable bonds is 2. The van der Waals surface area contributed by atoms with Crippen LogP contribution in [0.4, 0.5) is 0 Å². The monoisotopic (exact) mass is 228 g/mol. The lowest BCUT2D eigenvalue weighted by atomic mass is 9.86. The van der Waals surface area contributed by atoms with Gasteiger partial charge in [0.1, 0.15) is 0 Å². The molecule has 4 heteroatoms. The molecule has 1 rings (SSSR count). The van der Waals surface area contributed by atoms with Crippen molar-refractivity contribution in [3.63, 3.8) is 0 Å². The minimum atomic E-state index is -0.364. The molecule has 4 nitrogen and oxygen atoms in total. The van der Waals surface area contributed by atoms with Gasteiger partial charge in [-0.15, -0.1) is 0 Å². The molecule has 1 aliphatic rings. The molecule has 3 atom stereocenters. The number of aliphatic hydroxyl groups is 1. The van der Waals surface area contributed by atoms with Crippen LogP contribution in [-0.4, -0.2) is 47.7 Å². The van der Waals surface area contributed by atoms with Gasteiger partial charge in [-0.25, -0.2) is 0 Å². The molecule has 94 valence electrons. The van der Waals surface area contributed by atoms with Crippen molar-refractivity contribution < 1.29 is 9.90 Å². The van der Waals surface area contributed by atoms with Crippen LogP contribution in [0.15, 0.2) is 0 Å². The Morgan fingerprint density at radius 3 is 2.38 bits per heavy atom. The van der Waals surface area contributed by atoms with Crippen LogP contribution < -0.4 is 5.32 Å². The molecule has 1 aliphatic heterocycles. The maximum atomic E-state index is 12.3. The van der Waals surface area contributed by atoms with Crippen molar-refractivity contribution in [2.45, 2.75) is 52.3 Å². The van der Waals surface area contributed by atoms with Crippen LogP contribution in [0.2, 0.25) is 0 Å². The van der Waals surface area contributed by atoms with Gasteiger partial charge in [-0.2, -0.15) is 0 Å². The minimum Gasteiger partial charge on any atom is -0.391 e. The van der Waals surface area contributed by atoms with E-state index in [1.54, 1.807) is 4.90 Å². The van der Waals surface area contributed by atoms with Gasteiger partial charge < -0.3 is 15.3 Å². The van der Waals surface area contributed by atoms with Crippen molar-refractivity contribution in [1.82, 2.24) is 10.2 Å². The fourth-order valence-electron chi connectivity index (χ4n) is 2.40. The number of aliphatic hydroxyl groups excluding tert-OH is 1. The molecule has 0 aromatic heterocycles. The Kier molecular flexibility index (Phi) is 3.97. The largest absolute Gasteiger partial charge is 0.391 e. The van der Waals surface area contributed by atoms with Crippen LogP contribution in [0.5, 0.6) is 0 Å². The molecule has 0 aromatic rings. The van der Waals surface area contributed by atoms with Gasteiger partial charge in [0.05, 0.1) is 12.1 Å². The first kappa shape index (κ1) is 13.5. The first-order chi connectivity index (χ1) is 7.27. The van der Waals surface area contributed by atoms with Crippen LogP contribution in [0.1, 0.15) is 34.1 Å². The molecule has 1 amide bonds. The van der Waals surface area contributed by atoms with Crippen LogP contribution in [-0.2, 0) is 4.79 Å². The second-order valence-corrected chi connectivity index (χ2v) is 5.82. The standard InChI is InChI=1S/C12H24N2O2/c1-8-6-9(15)7-14(8)11(16)10(13-5)12(2,3)4/h8-10,13,15H,6-7H2,1-5H3/t8-,9+,10-/m1/s1. The van der Waals surface area contributed by atoms with E-state index in [1.165, 1.54) is 0 Å². The fourth-order valence-corrected chi connectivity index (χ4v) is 2.40. The zero-order valence-corrected chi connectivity index (χ0v) is 10.9. The Hall–Kier alpha value is -0.610. The highest BCUT2D eigenvalue weighted by molar-refractivity contribution is 5.83. The lowest BCUT2D eigenvalue weighted by molar-refractivity contribution is -0.136. The number of nitrogens with one attached hydrogen (secondary N) is 1. The summed E-state index contributed by atoms with van der Waals surface area (Å²) in [5.74, 6) is 0.0963. The third-order valence-corrected chi connectivity index (χ3v) is 3.24. The van der Waals surface area contributed by atoms with E-state index >= 15 is 0 Å². The van der Waals surface area contributed by atoms with Crippen molar-refractivity contribution >= 4 is 5.91 Å². The SMILES string of the molecule is CN[C@H](C(=O)N1C[C@@H](O)C[C@H]1C)C(C)(C)C. The molecule has 16 heavy (non-hydrogen) atoms. The van der Waals surface area contributed by atoms with Crippen molar-refractivity contribution in [2.75, 3.05) is 13.6 Å². The summed E-state index contributed by atoms with van der Waals surface area (Å²) < 4.78 is 0. The lowest BCUT2D eigenvalue weighted by Gasteiger charge is -2.34. The summed E-state index contributed by atoms with van der Waals surface area (Å²) in [6.45, 7) is 8.59. The van der Waals surface area contributed by atoms with E-state index in [0.717, 1.165) is 0 Å². The average molecular weight is 228 g/mol. The first-order valence-corrected chi connectivity index (χ1v) is 5.93. The molecule has 0 aliphatic carbocycles. The number of hydrogen-bond donors (Lipinski definition) is 2. The molecule has 1 fully saturated rings. The number of β-amino-alcohol motifs (C(OH)–C–C–N with tert-alkyl or cyclic N) is 1. The number of carbonyl (C=O) groups is 1. The Morgan fingerprint density at radius 2 is 2.06 bits per heavy atom. The molecular weight excluding hydrogens is 204 g/mol. The molecule has 0 saturated carbocycles. The topological polar surface area (TPSA) is 52.6 Å². The van der Waals surface area contributed by atoms with E-state index in [1.807, 2.05) is 34.7 Å². The van der Waals surface area contributed by atoms with Crippen LogP contribution >= 0.6 is 0 Å².